The van der Waals surface area contributed by atoms with E-state index in [1.54, 1.807) is 25.0 Å². The Hall–Kier alpha value is -4.06. The summed E-state index contributed by atoms with van der Waals surface area (Å²) in [6, 6.07) is 26.9. The molecule has 1 aromatic heterocycles. The minimum absolute atomic E-state index is 0.182. The highest BCUT2D eigenvalue weighted by Gasteiger charge is 2.18. The van der Waals surface area contributed by atoms with Crippen molar-refractivity contribution in [1.29, 1.82) is 0 Å². The number of hydrogen-bond acceptors (Lipinski definition) is 4. The predicted octanol–water partition coefficient (Wildman–Crippen LogP) is 4.53. The first-order valence-electron chi connectivity index (χ1n) is 10.4. The van der Waals surface area contributed by atoms with Crippen molar-refractivity contribution in [2.75, 3.05) is 20.8 Å². The molecule has 6 nitrogen and oxygen atoms in total. The van der Waals surface area contributed by atoms with E-state index in [2.05, 4.69) is 17.4 Å². The van der Waals surface area contributed by atoms with Gasteiger partial charge < -0.3 is 14.8 Å². The largest absolute Gasteiger partial charge is 0.497 e. The maximum atomic E-state index is 13.1. The molecule has 4 rings (SSSR count). The number of ether oxygens (including phenoxy) is 2. The Balaban J connectivity index is 1.63. The van der Waals surface area contributed by atoms with E-state index < -0.39 is 0 Å². The van der Waals surface area contributed by atoms with Crippen molar-refractivity contribution in [3.63, 3.8) is 0 Å². The first kappa shape index (κ1) is 21.2. The Labute approximate surface area is 187 Å². The van der Waals surface area contributed by atoms with E-state index in [4.69, 9.17) is 14.6 Å². The van der Waals surface area contributed by atoms with E-state index in [0.29, 0.717) is 17.9 Å². The number of nitrogens with one attached hydrogen (secondary N) is 1. The fourth-order valence-electron chi connectivity index (χ4n) is 3.44. The zero-order valence-electron chi connectivity index (χ0n) is 18.1. The fraction of sp³-hybridized carbons (Fsp3) is 0.154. The number of amides is 1. The molecule has 162 valence electrons. The van der Waals surface area contributed by atoms with Crippen LogP contribution in [0.2, 0.25) is 0 Å². The van der Waals surface area contributed by atoms with E-state index in [1.807, 2.05) is 66.7 Å². The Morgan fingerprint density at radius 1 is 0.875 bits per heavy atom. The van der Waals surface area contributed by atoms with Gasteiger partial charge >= 0.3 is 0 Å². The minimum atomic E-state index is -0.182. The van der Waals surface area contributed by atoms with Crippen LogP contribution in [0.15, 0.2) is 84.9 Å². The van der Waals surface area contributed by atoms with Crippen LogP contribution >= 0.6 is 0 Å². The van der Waals surface area contributed by atoms with Crippen LogP contribution in [0.5, 0.6) is 11.5 Å². The summed E-state index contributed by atoms with van der Waals surface area (Å²) in [4.78, 5) is 13.1. The van der Waals surface area contributed by atoms with Gasteiger partial charge in [-0.05, 0) is 54.4 Å². The summed E-state index contributed by atoms with van der Waals surface area (Å²) in [5.74, 6) is 1.29. The lowest BCUT2D eigenvalue weighted by atomic mass is 10.1. The van der Waals surface area contributed by atoms with Crippen LogP contribution in [0.1, 0.15) is 16.1 Å². The lowest BCUT2D eigenvalue weighted by molar-refractivity contribution is 0.0946. The summed E-state index contributed by atoms with van der Waals surface area (Å²) < 4.78 is 12.3. The lowest BCUT2D eigenvalue weighted by Gasteiger charge is -2.09. The zero-order valence-corrected chi connectivity index (χ0v) is 18.1. The van der Waals surface area contributed by atoms with Gasteiger partial charge in [0.25, 0.3) is 5.91 Å². The SMILES string of the molecule is COc1ccc(-n2nc(-c3cccc(OC)c3)cc2C(=O)NCCc2ccccc2)cc1. The molecule has 0 aliphatic carbocycles. The van der Waals surface area contributed by atoms with E-state index in [1.165, 1.54) is 5.56 Å². The highest BCUT2D eigenvalue weighted by Crippen LogP contribution is 2.26. The zero-order chi connectivity index (χ0) is 22.3. The number of rotatable bonds is 8. The molecule has 0 unspecified atom stereocenters. The van der Waals surface area contributed by atoms with Crippen LogP contribution < -0.4 is 14.8 Å². The van der Waals surface area contributed by atoms with E-state index in [9.17, 15) is 4.79 Å². The molecule has 0 atom stereocenters. The molecule has 1 N–H and O–H groups in total. The highest BCUT2D eigenvalue weighted by atomic mass is 16.5. The third-order valence-corrected chi connectivity index (χ3v) is 5.17. The molecule has 32 heavy (non-hydrogen) atoms. The minimum Gasteiger partial charge on any atom is -0.497 e. The van der Waals surface area contributed by atoms with Crippen LogP contribution in [0.3, 0.4) is 0 Å². The summed E-state index contributed by atoms with van der Waals surface area (Å²) in [6.45, 7) is 0.533. The third kappa shape index (κ3) is 4.81. The van der Waals surface area contributed by atoms with Crippen LogP contribution in [0, 0.1) is 0 Å². The molecule has 0 fully saturated rings. The monoisotopic (exact) mass is 427 g/mol. The van der Waals surface area contributed by atoms with Crippen molar-refractivity contribution in [3.8, 4) is 28.4 Å². The van der Waals surface area contributed by atoms with Gasteiger partial charge in [-0.2, -0.15) is 5.10 Å². The van der Waals surface area contributed by atoms with Crippen LogP contribution in [0.4, 0.5) is 0 Å². The average Bonchev–Trinajstić information content (AvgIpc) is 3.30. The number of nitrogens with zero attached hydrogens (tertiary/aromatic N) is 2. The van der Waals surface area contributed by atoms with Crippen molar-refractivity contribution >= 4 is 5.91 Å². The molecule has 0 radical (unpaired) electrons. The van der Waals surface area contributed by atoms with Gasteiger partial charge in [0.2, 0.25) is 0 Å². The second-order valence-electron chi connectivity index (χ2n) is 7.25. The molecule has 6 heteroatoms. The Morgan fingerprint density at radius 3 is 2.34 bits per heavy atom. The number of hydrogen-bond donors (Lipinski definition) is 1. The second kappa shape index (κ2) is 9.83. The van der Waals surface area contributed by atoms with Gasteiger partial charge in [-0.1, -0.05) is 42.5 Å². The fourth-order valence-corrected chi connectivity index (χ4v) is 3.44. The van der Waals surface area contributed by atoms with Gasteiger partial charge in [-0.15, -0.1) is 0 Å². The highest BCUT2D eigenvalue weighted by molar-refractivity contribution is 5.94. The third-order valence-electron chi connectivity index (χ3n) is 5.17. The van der Waals surface area contributed by atoms with Crippen molar-refractivity contribution < 1.29 is 14.3 Å². The van der Waals surface area contributed by atoms with Crippen LogP contribution in [-0.4, -0.2) is 36.5 Å². The summed E-state index contributed by atoms with van der Waals surface area (Å²) in [6.07, 6.45) is 0.756. The molecule has 0 aliphatic rings. The summed E-state index contributed by atoms with van der Waals surface area (Å²) >= 11 is 0. The number of methoxy groups -OCH3 is 2. The lowest BCUT2D eigenvalue weighted by Crippen LogP contribution is -2.27. The summed E-state index contributed by atoms with van der Waals surface area (Å²) in [7, 11) is 3.25. The molecular weight excluding hydrogens is 402 g/mol. The van der Waals surface area contributed by atoms with Crippen molar-refractivity contribution in [1.82, 2.24) is 15.1 Å². The maximum Gasteiger partial charge on any atom is 0.270 e. The smallest absolute Gasteiger partial charge is 0.270 e. The number of aromatic nitrogens is 2. The topological polar surface area (TPSA) is 65.4 Å². The summed E-state index contributed by atoms with van der Waals surface area (Å²) in [5.41, 5.74) is 3.96. The first-order valence-corrected chi connectivity index (χ1v) is 10.4. The molecule has 4 aromatic rings. The Kier molecular flexibility index (Phi) is 6.51. The normalized spacial score (nSPS) is 10.6. The van der Waals surface area contributed by atoms with Gasteiger partial charge in [-0.3, -0.25) is 4.79 Å². The van der Waals surface area contributed by atoms with Gasteiger partial charge in [0.1, 0.15) is 17.2 Å². The van der Waals surface area contributed by atoms with Crippen LogP contribution in [-0.2, 0) is 6.42 Å². The van der Waals surface area contributed by atoms with Gasteiger partial charge in [-0.25, -0.2) is 4.68 Å². The molecule has 0 aliphatic heterocycles. The number of benzene rings is 3. The molecule has 1 amide bonds. The molecule has 0 spiro atoms. The van der Waals surface area contributed by atoms with Crippen molar-refractivity contribution in [2.45, 2.75) is 6.42 Å². The van der Waals surface area contributed by atoms with Gasteiger partial charge in [0.15, 0.2) is 0 Å². The van der Waals surface area contributed by atoms with Gasteiger partial charge in [0.05, 0.1) is 25.6 Å². The predicted molar refractivity (Wildman–Crippen MR) is 125 cm³/mol. The van der Waals surface area contributed by atoms with Crippen LogP contribution in [0.25, 0.3) is 16.9 Å². The van der Waals surface area contributed by atoms with E-state index in [-0.39, 0.29) is 5.91 Å². The number of carbonyl (C=O) groups is 1. The van der Waals surface area contributed by atoms with Crippen molar-refractivity contribution in [3.05, 3.63) is 96.2 Å². The molecule has 1 heterocycles. The van der Waals surface area contributed by atoms with E-state index >= 15 is 0 Å². The van der Waals surface area contributed by atoms with Gasteiger partial charge in [0, 0.05) is 12.1 Å². The molecular formula is C26H25N3O3. The first-order chi connectivity index (χ1) is 15.7. The molecule has 0 saturated heterocycles. The Morgan fingerprint density at radius 2 is 1.62 bits per heavy atom. The quantitative estimate of drug-likeness (QED) is 0.449. The second-order valence-corrected chi connectivity index (χ2v) is 7.25. The van der Waals surface area contributed by atoms with Crippen molar-refractivity contribution in [2.24, 2.45) is 0 Å². The molecule has 3 aromatic carbocycles. The standard InChI is InChI=1S/C26H25N3O3/c1-31-22-13-11-21(12-14-22)29-25(26(30)27-16-15-19-7-4-3-5-8-19)18-24(28-29)20-9-6-10-23(17-20)32-2/h3-14,17-18H,15-16H2,1-2H3,(H,27,30). The van der Waals surface area contributed by atoms with E-state index in [0.717, 1.165) is 29.2 Å². The maximum absolute atomic E-state index is 13.1. The number of carbonyl (C=O) groups excluding carboxylic acids is 1. The Bertz CT molecular complexity index is 1180. The molecule has 0 saturated carbocycles. The summed E-state index contributed by atoms with van der Waals surface area (Å²) in [5, 5.41) is 7.75. The molecule has 0 bridgehead atoms. The average molecular weight is 428 g/mol.